The van der Waals surface area contributed by atoms with Crippen LogP contribution in [0.5, 0.6) is 0 Å². The van der Waals surface area contributed by atoms with E-state index in [1.165, 1.54) is 5.56 Å². The number of pyridine rings is 1. The Bertz CT molecular complexity index is 1550. The Kier molecular flexibility index (Phi) is 10.9. The van der Waals surface area contributed by atoms with Gasteiger partial charge in [0.15, 0.2) is 0 Å². The molecule has 7 nitrogen and oxygen atoms in total. The van der Waals surface area contributed by atoms with Gasteiger partial charge in [-0.2, -0.15) is 0 Å². The summed E-state index contributed by atoms with van der Waals surface area (Å²) in [7, 11) is 0. The summed E-state index contributed by atoms with van der Waals surface area (Å²) < 4.78 is 0. The van der Waals surface area contributed by atoms with Crippen molar-refractivity contribution >= 4 is 45.8 Å². The molecule has 1 aliphatic rings. The highest BCUT2D eigenvalue weighted by atomic mass is 35.5. The highest BCUT2D eigenvalue weighted by molar-refractivity contribution is 6.30. The zero-order chi connectivity index (χ0) is 31.1. The number of carbonyl (C=O) groups is 2. The molecule has 230 valence electrons. The van der Waals surface area contributed by atoms with E-state index in [-0.39, 0.29) is 23.6 Å². The lowest BCUT2D eigenvalue weighted by atomic mass is 10.0. The molecule has 2 heterocycles. The van der Waals surface area contributed by atoms with Crippen LogP contribution in [0, 0.1) is 0 Å². The average molecular weight is 633 g/mol. The maximum atomic E-state index is 14.0. The Hall–Kier alpha value is -3.49. The molecule has 9 heteroatoms. The number of halogens is 2. The molecule has 4 aromatic rings. The van der Waals surface area contributed by atoms with E-state index in [9.17, 15) is 9.59 Å². The van der Waals surface area contributed by atoms with Crippen molar-refractivity contribution in [3.63, 3.8) is 0 Å². The third kappa shape index (κ3) is 7.96. The second-order valence-electron chi connectivity index (χ2n) is 11.2. The lowest BCUT2D eigenvalue weighted by Crippen LogP contribution is -2.56. The van der Waals surface area contributed by atoms with Crippen LogP contribution < -0.4 is 5.32 Å². The van der Waals surface area contributed by atoms with Gasteiger partial charge in [-0.15, -0.1) is 0 Å². The number of nitrogens with one attached hydrogen (secondary N) is 1. The van der Waals surface area contributed by atoms with Crippen LogP contribution in [-0.4, -0.2) is 83.4 Å². The van der Waals surface area contributed by atoms with Crippen LogP contribution in [-0.2, 0) is 11.2 Å². The lowest BCUT2D eigenvalue weighted by molar-refractivity contribution is -0.135. The average Bonchev–Trinajstić information content (AvgIpc) is 3.06. The zero-order valence-corrected chi connectivity index (χ0v) is 26.8. The second kappa shape index (κ2) is 15.0. The zero-order valence-electron chi connectivity index (χ0n) is 25.3. The van der Waals surface area contributed by atoms with Crippen molar-refractivity contribution in [3.05, 3.63) is 112 Å². The molecule has 2 atom stereocenters. The Morgan fingerprint density at radius 2 is 1.48 bits per heavy atom. The molecule has 1 aromatic heterocycles. The molecule has 5 rings (SSSR count). The molecule has 0 bridgehead atoms. The molecule has 44 heavy (non-hydrogen) atoms. The molecule has 0 saturated carbocycles. The highest BCUT2D eigenvalue weighted by Crippen LogP contribution is 2.26. The van der Waals surface area contributed by atoms with Crippen molar-refractivity contribution in [1.82, 2.24) is 25.0 Å². The fourth-order valence-corrected chi connectivity index (χ4v) is 6.07. The van der Waals surface area contributed by atoms with Crippen LogP contribution in [0.3, 0.4) is 0 Å². The van der Waals surface area contributed by atoms with Gasteiger partial charge in [-0.1, -0.05) is 85.6 Å². The summed E-state index contributed by atoms with van der Waals surface area (Å²) in [5, 5.41) is 6.22. The predicted molar refractivity (Wildman–Crippen MR) is 178 cm³/mol. The van der Waals surface area contributed by atoms with Crippen molar-refractivity contribution in [2.45, 2.75) is 32.4 Å². The smallest absolute Gasteiger partial charge is 0.270 e. The minimum atomic E-state index is -0.744. The lowest BCUT2D eigenvalue weighted by Gasteiger charge is -2.42. The van der Waals surface area contributed by atoms with Crippen LogP contribution in [0.25, 0.3) is 10.8 Å². The number of rotatable bonds is 11. The maximum absolute atomic E-state index is 14.0. The van der Waals surface area contributed by atoms with E-state index in [2.05, 4.69) is 46.1 Å². The van der Waals surface area contributed by atoms with E-state index in [0.717, 1.165) is 54.1 Å². The van der Waals surface area contributed by atoms with E-state index in [1.54, 1.807) is 24.4 Å². The number of likely N-dealkylation sites (N-methyl/N-ethyl adjacent to an activating group) is 1. The van der Waals surface area contributed by atoms with Crippen LogP contribution in [0.2, 0.25) is 10.0 Å². The topological polar surface area (TPSA) is 68.8 Å². The molecular formula is C35H39Cl2N5O2. The molecule has 0 radical (unpaired) electrons. The molecule has 1 aliphatic heterocycles. The third-order valence-corrected chi connectivity index (χ3v) is 8.97. The number of piperazine rings is 1. The Morgan fingerprint density at radius 3 is 2.11 bits per heavy atom. The molecule has 2 amide bonds. The first-order valence-corrected chi connectivity index (χ1v) is 16.0. The van der Waals surface area contributed by atoms with Gasteiger partial charge in [-0.05, 0) is 59.9 Å². The molecule has 1 fully saturated rings. The first-order chi connectivity index (χ1) is 21.3. The van der Waals surface area contributed by atoms with Crippen molar-refractivity contribution in [1.29, 1.82) is 0 Å². The molecule has 1 N–H and O–H groups in total. The summed E-state index contributed by atoms with van der Waals surface area (Å²) in [6.45, 7) is 9.81. The Morgan fingerprint density at radius 1 is 0.864 bits per heavy atom. The molecule has 0 spiro atoms. The van der Waals surface area contributed by atoms with Crippen molar-refractivity contribution < 1.29 is 9.59 Å². The van der Waals surface area contributed by atoms with Gasteiger partial charge in [-0.25, -0.2) is 0 Å². The summed E-state index contributed by atoms with van der Waals surface area (Å²) in [6, 6.07) is 24.5. The summed E-state index contributed by atoms with van der Waals surface area (Å²) >= 11 is 12.3. The number of benzene rings is 3. The first-order valence-electron chi connectivity index (χ1n) is 15.2. The fourth-order valence-electron chi connectivity index (χ4n) is 5.81. The Balaban J connectivity index is 1.32. The minimum absolute atomic E-state index is 0.0967. The quantitative estimate of drug-likeness (QED) is 0.216. The van der Waals surface area contributed by atoms with Crippen LogP contribution in [0.15, 0.2) is 85.1 Å². The number of hydrogen-bond acceptors (Lipinski definition) is 5. The Labute approximate surface area is 269 Å². The van der Waals surface area contributed by atoms with Crippen LogP contribution in [0.1, 0.15) is 41.5 Å². The normalized spacial score (nSPS) is 15.3. The van der Waals surface area contributed by atoms with Gasteiger partial charge < -0.3 is 15.1 Å². The predicted octanol–water partition coefficient (Wildman–Crippen LogP) is 6.11. The number of carbonyl (C=O) groups excluding carboxylic acids is 2. The van der Waals surface area contributed by atoms with E-state index in [1.807, 2.05) is 53.4 Å². The second-order valence-corrected chi connectivity index (χ2v) is 12.1. The molecule has 1 saturated heterocycles. The van der Waals surface area contributed by atoms with Gasteiger partial charge in [-0.3, -0.25) is 19.5 Å². The van der Waals surface area contributed by atoms with Gasteiger partial charge in [0, 0.05) is 66.8 Å². The third-order valence-electron chi connectivity index (χ3n) is 8.47. The molecule has 0 aliphatic carbocycles. The first kappa shape index (κ1) is 31.9. The summed E-state index contributed by atoms with van der Waals surface area (Å²) in [5.74, 6) is -0.468. The molecule has 3 aromatic carbocycles. The van der Waals surface area contributed by atoms with Gasteiger partial charge in [0.25, 0.3) is 5.91 Å². The fraction of sp³-hybridized carbons (Fsp3) is 0.343. The van der Waals surface area contributed by atoms with Crippen LogP contribution in [0.4, 0.5) is 0 Å². The van der Waals surface area contributed by atoms with Gasteiger partial charge in [0.05, 0.1) is 0 Å². The standard InChI is InChI=1S/C35H39Cl2N5O2/c1-3-40(4-2)24-33(26-11-15-30(37)16-12-26)41-17-19-42(20-18-41)35(44)32(21-25-9-13-29(36)14-10-25)39-34(43)31-22-27-7-5-6-8-28(27)23-38-31/h5-16,22-23,32-33H,3-4,17-21,24H2,1-2H3,(H,39,43)/t32-,33?/m1/s1. The largest absolute Gasteiger partial charge is 0.339 e. The number of fused-ring (bicyclic) bond motifs is 1. The summed E-state index contributed by atoms with van der Waals surface area (Å²) in [4.78, 5) is 38.6. The van der Waals surface area contributed by atoms with Crippen molar-refractivity contribution in [3.8, 4) is 0 Å². The SMILES string of the molecule is CCN(CC)CC(c1ccc(Cl)cc1)N1CCN(C(=O)[C@@H](Cc2ccc(Cl)cc2)NC(=O)c2cc3ccccc3cn2)CC1. The van der Waals surface area contributed by atoms with Gasteiger partial charge in [0.1, 0.15) is 11.7 Å². The van der Waals surface area contributed by atoms with E-state index < -0.39 is 6.04 Å². The number of hydrogen-bond donors (Lipinski definition) is 1. The number of nitrogens with zero attached hydrogens (tertiary/aromatic N) is 4. The number of amides is 2. The maximum Gasteiger partial charge on any atom is 0.270 e. The van der Waals surface area contributed by atoms with E-state index >= 15 is 0 Å². The minimum Gasteiger partial charge on any atom is -0.339 e. The summed E-state index contributed by atoms with van der Waals surface area (Å²) in [5.41, 5.74) is 2.42. The molecule has 1 unspecified atom stereocenters. The van der Waals surface area contributed by atoms with E-state index in [0.29, 0.717) is 24.5 Å². The van der Waals surface area contributed by atoms with Crippen molar-refractivity contribution in [2.24, 2.45) is 0 Å². The monoisotopic (exact) mass is 631 g/mol. The summed E-state index contributed by atoms with van der Waals surface area (Å²) in [6.07, 6.45) is 2.04. The van der Waals surface area contributed by atoms with E-state index in [4.69, 9.17) is 23.2 Å². The highest BCUT2D eigenvalue weighted by Gasteiger charge is 2.32. The molecular weight excluding hydrogens is 593 g/mol. The van der Waals surface area contributed by atoms with Crippen LogP contribution >= 0.6 is 23.2 Å². The van der Waals surface area contributed by atoms with Crippen molar-refractivity contribution in [2.75, 3.05) is 45.8 Å². The number of aromatic nitrogens is 1. The van der Waals surface area contributed by atoms with Gasteiger partial charge in [0.2, 0.25) is 5.91 Å². The van der Waals surface area contributed by atoms with Gasteiger partial charge >= 0.3 is 0 Å².